The zero-order chi connectivity index (χ0) is 44.6. The maximum absolute atomic E-state index is 13.0. The van der Waals surface area contributed by atoms with Crippen molar-refractivity contribution in [3.8, 4) is 45.9 Å². The van der Waals surface area contributed by atoms with Gasteiger partial charge in [-0.05, 0) is 108 Å². The molecule has 63 heavy (non-hydrogen) atoms. The number of aromatic nitrogens is 4. The van der Waals surface area contributed by atoms with Crippen LogP contribution >= 0.6 is 0 Å². The number of carbonyl (C=O) groups is 4. The number of carbonyl (C=O) groups excluding carboxylic acids is 3. The number of benzene rings is 4. The maximum Gasteiger partial charge on any atom is 0.337 e. The summed E-state index contributed by atoms with van der Waals surface area (Å²) in [7, 11) is 7.34. The molecule has 1 N–H and O–H groups in total. The molecular weight excluding hydrogens is 813 g/mol. The van der Waals surface area contributed by atoms with Crippen molar-refractivity contribution in [1.29, 1.82) is 0 Å². The summed E-state index contributed by atoms with van der Waals surface area (Å²) in [5.74, 6) is 0.473. The molecule has 0 aliphatic carbocycles. The second-order valence-corrected chi connectivity index (χ2v) is 13.7. The van der Waals surface area contributed by atoms with Crippen molar-refractivity contribution in [2.24, 2.45) is 0 Å². The molecule has 0 bridgehead atoms. The lowest BCUT2D eigenvalue weighted by Gasteiger charge is -2.10. The molecular formula is C47H38N4O12. The minimum atomic E-state index is -1.11. The van der Waals surface area contributed by atoms with Crippen LogP contribution in [0.2, 0.25) is 0 Å². The summed E-state index contributed by atoms with van der Waals surface area (Å²) in [6, 6.07) is 26.4. The van der Waals surface area contributed by atoms with Gasteiger partial charge in [0.2, 0.25) is 11.8 Å². The van der Waals surface area contributed by atoms with E-state index in [9.17, 15) is 24.3 Å². The smallest absolute Gasteiger partial charge is 0.337 e. The quantitative estimate of drug-likeness (QED) is 0.0807. The molecule has 16 nitrogen and oxygen atoms in total. The number of esters is 1. The van der Waals surface area contributed by atoms with Crippen molar-refractivity contribution in [3.63, 3.8) is 0 Å². The van der Waals surface area contributed by atoms with Gasteiger partial charge in [0.25, 0.3) is 0 Å². The van der Waals surface area contributed by atoms with Gasteiger partial charge in [0.1, 0.15) is 0 Å². The Morgan fingerprint density at radius 2 is 0.968 bits per heavy atom. The maximum atomic E-state index is 13.0. The van der Waals surface area contributed by atoms with E-state index in [2.05, 4.69) is 19.9 Å². The van der Waals surface area contributed by atoms with Crippen LogP contribution in [0.5, 0.6) is 23.0 Å². The molecule has 0 atom stereocenters. The minimum Gasteiger partial charge on any atom is -0.493 e. The normalized spacial score (nSPS) is 10.7. The van der Waals surface area contributed by atoms with Crippen LogP contribution < -0.4 is 18.9 Å². The van der Waals surface area contributed by atoms with E-state index >= 15 is 0 Å². The number of rotatable bonds is 14. The second kappa shape index (κ2) is 18.9. The number of aromatic carboxylic acids is 1. The first-order valence-corrected chi connectivity index (χ1v) is 19.0. The zero-order valence-corrected chi connectivity index (χ0v) is 34.5. The van der Waals surface area contributed by atoms with Gasteiger partial charge in [0.05, 0.1) is 46.7 Å². The van der Waals surface area contributed by atoms with Crippen LogP contribution in [-0.2, 0) is 17.6 Å². The largest absolute Gasteiger partial charge is 0.493 e. The van der Waals surface area contributed by atoms with Crippen molar-refractivity contribution < 1.29 is 56.8 Å². The Balaban J connectivity index is 0.000000189. The van der Waals surface area contributed by atoms with E-state index in [0.29, 0.717) is 84.7 Å². The van der Waals surface area contributed by atoms with Crippen LogP contribution in [0.1, 0.15) is 52.6 Å². The Bertz CT molecular complexity index is 2940. The van der Waals surface area contributed by atoms with E-state index in [0.717, 1.165) is 0 Å². The van der Waals surface area contributed by atoms with Crippen LogP contribution in [-0.4, -0.2) is 84.1 Å². The molecule has 4 aromatic heterocycles. The predicted molar refractivity (Wildman–Crippen MR) is 228 cm³/mol. The number of pyridine rings is 2. The van der Waals surface area contributed by atoms with Gasteiger partial charge in [-0.15, -0.1) is 0 Å². The summed E-state index contributed by atoms with van der Waals surface area (Å²) >= 11 is 0. The van der Waals surface area contributed by atoms with E-state index in [1.807, 2.05) is 0 Å². The lowest BCUT2D eigenvalue weighted by molar-refractivity contribution is 0.0599. The van der Waals surface area contributed by atoms with Crippen LogP contribution in [0.4, 0.5) is 0 Å². The third kappa shape index (κ3) is 9.65. The molecule has 0 saturated carbocycles. The molecule has 0 fully saturated rings. The highest BCUT2D eigenvalue weighted by Crippen LogP contribution is 2.31. The monoisotopic (exact) mass is 850 g/mol. The highest BCUT2D eigenvalue weighted by molar-refractivity contribution is 6.00. The lowest BCUT2D eigenvalue weighted by Crippen LogP contribution is -2.07. The number of carboxylic acids is 1. The summed E-state index contributed by atoms with van der Waals surface area (Å²) in [5.41, 5.74) is 5.20. The SMILES string of the molecule is COC(=O)c1cc(CC(=O)c2ccc(OC)c(OC)c2)cc(-c2nc3ncccc3o2)c1.COc1ccc(C(=O)Cc2cc(C(=O)O)cc(-c3nc4ncccc4o3)c2)cc1OC. The number of ether oxygens (including phenoxy) is 5. The van der Waals surface area contributed by atoms with Crippen LogP contribution in [0, 0.1) is 0 Å². The third-order valence-corrected chi connectivity index (χ3v) is 9.62. The van der Waals surface area contributed by atoms with Crippen molar-refractivity contribution in [3.05, 3.63) is 143 Å². The average molecular weight is 851 g/mol. The van der Waals surface area contributed by atoms with Gasteiger partial charge < -0.3 is 37.6 Å². The number of carboxylic acid groups (broad SMARTS) is 1. The van der Waals surface area contributed by atoms with Gasteiger partial charge in [-0.25, -0.2) is 19.6 Å². The highest BCUT2D eigenvalue weighted by atomic mass is 16.5. The summed E-state index contributed by atoms with van der Waals surface area (Å²) in [4.78, 5) is 66.7. The van der Waals surface area contributed by atoms with Gasteiger partial charge >= 0.3 is 11.9 Å². The van der Waals surface area contributed by atoms with Gasteiger partial charge in [-0.1, -0.05) is 0 Å². The molecule has 4 aromatic carbocycles. The van der Waals surface area contributed by atoms with E-state index < -0.39 is 11.9 Å². The topological polar surface area (TPSA) is 212 Å². The Kier molecular flexibility index (Phi) is 12.8. The molecule has 0 spiro atoms. The first-order valence-electron chi connectivity index (χ1n) is 19.0. The molecule has 4 heterocycles. The van der Waals surface area contributed by atoms with Crippen molar-refractivity contribution in [2.45, 2.75) is 12.8 Å². The molecule has 0 amide bonds. The lowest BCUT2D eigenvalue weighted by atomic mass is 9.98. The van der Waals surface area contributed by atoms with Crippen molar-refractivity contribution in [2.75, 3.05) is 35.5 Å². The molecule has 0 aliphatic heterocycles. The molecule has 0 unspecified atom stereocenters. The summed E-state index contributed by atoms with van der Waals surface area (Å²) in [6.45, 7) is 0. The third-order valence-electron chi connectivity index (χ3n) is 9.62. The van der Waals surface area contributed by atoms with Crippen LogP contribution in [0.3, 0.4) is 0 Å². The number of Topliss-reactive ketones (excluding diaryl/α,β-unsaturated/α-hetero) is 2. The van der Waals surface area contributed by atoms with Crippen molar-refractivity contribution in [1.82, 2.24) is 19.9 Å². The summed E-state index contributed by atoms with van der Waals surface area (Å²) in [5, 5.41) is 9.52. The predicted octanol–water partition coefficient (Wildman–Crippen LogP) is 8.15. The van der Waals surface area contributed by atoms with E-state index in [4.69, 9.17) is 32.5 Å². The number of fused-ring (bicyclic) bond motifs is 2. The number of oxazole rings is 2. The molecule has 16 heteroatoms. The summed E-state index contributed by atoms with van der Waals surface area (Å²) in [6.07, 6.45) is 3.25. The number of nitrogens with zero attached hydrogens (tertiary/aromatic N) is 4. The fourth-order valence-electron chi connectivity index (χ4n) is 6.57. The molecule has 8 rings (SSSR count). The second-order valence-electron chi connectivity index (χ2n) is 13.7. The fraction of sp³-hybridized carbons (Fsp3) is 0.149. The van der Waals surface area contributed by atoms with Crippen molar-refractivity contribution >= 4 is 46.0 Å². The van der Waals surface area contributed by atoms with E-state index in [1.165, 1.54) is 47.7 Å². The Hall–Kier alpha value is -8.40. The van der Waals surface area contributed by atoms with E-state index in [1.54, 1.807) is 97.3 Å². The number of ketones is 2. The standard InChI is InChI=1S/C24H20N2O6.C23H18N2O6/c1-29-19-7-6-15(13-21(19)30-2)18(27)11-14-9-16(12-17(10-14)24(28)31-3)23-26-22-20(32-23)5-4-8-25-22;1-29-18-6-5-14(12-20(18)30-2)17(26)10-13-8-15(11-16(9-13)23(27)28)22-25-21-19(31-22)4-3-7-24-21/h4-10,12-13H,11H2,1-3H3;3-9,11-12H,10H2,1-2H3,(H,27,28). The zero-order valence-electron chi connectivity index (χ0n) is 34.5. The Labute approximate surface area is 359 Å². The highest BCUT2D eigenvalue weighted by Gasteiger charge is 2.19. The molecule has 0 saturated heterocycles. The molecule has 318 valence electrons. The van der Waals surface area contributed by atoms with Crippen LogP contribution in [0.25, 0.3) is 45.4 Å². The summed E-state index contributed by atoms with van der Waals surface area (Å²) < 4.78 is 37.3. The molecule has 0 aliphatic rings. The fourth-order valence-corrected chi connectivity index (χ4v) is 6.57. The van der Waals surface area contributed by atoms with Crippen LogP contribution in [0.15, 0.2) is 118 Å². The van der Waals surface area contributed by atoms with Gasteiger partial charge in [-0.3, -0.25) is 9.59 Å². The first kappa shape index (κ1) is 42.7. The van der Waals surface area contributed by atoms with Gasteiger partial charge in [0.15, 0.2) is 57.0 Å². The number of methoxy groups -OCH3 is 5. The Morgan fingerprint density at radius 3 is 1.38 bits per heavy atom. The Morgan fingerprint density at radius 1 is 0.524 bits per heavy atom. The first-order chi connectivity index (χ1) is 30.5. The number of hydrogen-bond donors (Lipinski definition) is 1. The van der Waals surface area contributed by atoms with Gasteiger partial charge in [-0.2, -0.15) is 9.97 Å². The molecule has 8 aromatic rings. The average Bonchev–Trinajstić information content (AvgIpc) is 3.96. The molecule has 0 radical (unpaired) electrons. The van der Waals surface area contributed by atoms with E-state index in [-0.39, 0.29) is 41.4 Å². The minimum absolute atomic E-state index is 0.0118. The van der Waals surface area contributed by atoms with Gasteiger partial charge in [0, 0.05) is 47.5 Å². The number of hydrogen-bond acceptors (Lipinski definition) is 15.